The highest BCUT2D eigenvalue weighted by atomic mass is 19.1. The number of aromatic hydroxyl groups is 1. The van der Waals surface area contributed by atoms with Crippen LogP contribution < -0.4 is 4.74 Å². The molecule has 3 nitrogen and oxygen atoms in total. The topological polar surface area (TPSA) is 49.7 Å². The van der Waals surface area contributed by atoms with Gasteiger partial charge in [0.2, 0.25) is 0 Å². The number of benzene rings is 1. The minimum Gasteiger partial charge on any atom is -0.504 e. The summed E-state index contributed by atoms with van der Waals surface area (Å²) in [6.07, 6.45) is 0. The quantitative estimate of drug-likeness (QED) is 0.764. The van der Waals surface area contributed by atoms with Gasteiger partial charge in [0.15, 0.2) is 17.3 Å². The Morgan fingerprint density at radius 3 is 2.29 bits per heavy atom. The average Bonchev–Trinajstić information content (AvgIpc) is 2.01. The molecule has 0 amide bonds. The van der Waals surface area contributed by atoms with Gasteiger partial charge in [0, 0.05) is 0 Å². The van der Waals surface area contributed by atoms with E-state index in [1.807, 2.05) is 0 Å². The maximum atomic E-state index is 13.2. The summed E-state index contributed by atoms with van der Waals surface area (Å²) >= 11 is 0. The highest BCUT2D eigenvalue weighted by molar-refractivity contribution is 5.44. The molecule has 2 N–H and O–H groups in total. The molecule has 78 valence electrons. The normalized spacial score (nSPS) is 11.5. The van der Waals surface area contributed by atoms with Crippen LogP contribution in [-0.2, 0) is 5.60 Å². The standard InChI is InChI=1S/C10H13FO3/c1-10(2,13)6-4-7(11)9(14-3)8(12)5-6/h4-5,12-13H,1-3H3. The molecule has 1 aromatic rings. The zero-order valence-electron chi connectivity index (χ0n) is 8.34. The lowest BCUT2D eigenvalue weighted by Gasteiger charge is -2.18. The van der Waals surface area contributed by atoms with Gasteiger partial charge in [-0.3, -0.25) is 0 Å². The van der Waals surface area contributed by atoms with Crippen LogP contribution in [0.15, 0.2) is 12.1 Å². The first kappa shape index (κ1) is 10.8. The number of hydrogen-bond acceptors (Lipinski definition) is 3. The minimum atomic E-state index is -1.19. The molecule has 1 rings (SSSR count). The van der Waals surface area contributed by atoms with Crippen LogP contribution in [0.1, 0.15) is 19.4 Å². The van der Waals surface area contributed by atoms with Crippen LogP contribution in [-0.4, -0.2) is 17.3 Å². The van der Waals surface area contributed by atoms with Crippen molar-refractivity contribution in [3.8, 4) is 11.5 Å². The van der Waals surface area contributed by atoms with Crippen molar-refractivity contribution >= 4 is 0 Å². The highest BCUT2D eigenvalue weighted by Crippen LogP contribution is 2.33. The SMILES string of the molecule is COc1c(O)cc(C(C)(C)O)cc1F. The number of halogens is 1. The van der Waals surface area contributed by atoms with Crippen LogP contribution in [0.5, 0.6) is 11.5 Å². The van der Waals surface area contributed by atoms with E-state index in [4.69, 9.17) is 0 Å². The summed E-state index contributed by atoms with van der Waals surface area (Å²) < 4.78 is 17.9. The van der Waals surface area contributed by atoms with E-state index < -0.39 is 11.4 Å². The number of methoxy groups -OCH3 is 1. The third kappa shape index (κ3) is 1.96. The Kier molecular flexibility index (Phi) is 2.66. The van der Waals surface area contributed by atoms with Gasteiger partial charge in [-0.2, -0.15) is 0 Å². The van der Waals surface area contributed by atoms with Crippen molar-refractivity contribution in [1.82, 2.24) is 0 Å². The number of phenolic OH excluding ortho intramolecular Hbond substituents is 1. The smallest absolute Gasteiger partial charge is 0.196 e. The van der Waals surface area contributed by atoms with Crippen molar-refractivity contribution in [3.63, 3.8) is 0 Å². The molecule has 4 heteroatoms. The molecule has 0 aromatic heterocycles. The second kappa shape index (κ2) is 3.46. The van der Waals surface area contributed by atoms with E-state index in [0.29, 0.717) is 5.56 Å². The fourth-order valence-electron chi connectivity index (χ4n) is 1.13. The molecule has 0 saturated heterocycles. The number of ether oxygens (including phenoxy) is 1. The van der Waals surface area contributed by atoms with Gasteiger partial charge >= 0.3 is 0 Å². The van der Waals surface area contributed by atoms with E-state index in [0.717, 1.165) is 6.07 Å². The molecule has 0 unspecified atom stereocenters. The lowest BCUT2D eigenvalue weighted by Crippen LogP contribution is -2.15. The summed E-state index contributed by atoms with van der Waals surface area (Å²) in [6.45, 7) is 3.02. The summed E-state index contributed by atoms with van der Waals surface area (Å²) in [5.74, 6) is -1.22. The van der Waals surface area contributed by atoms with Crippen molar-refractivity contribution in [3.05, 3.63) is 23.5 Å². The zero-order valence-corrected chi connectivity index (χ0v) is 8.34. The van der Waals surface area contributed by atoms with Gasteiger partial charge in [-0.05, 0) is 31.5 Å². The van der Waals surface area contributed by atoms with E-state index in [1.54, 1.807) is 0 Å². The average molecular weight is 200 g/mol. The maximum Gasteiger partial charge on any atom is 0.196 e. The van der Waals surface area contributed by atoms with Crippen molar-refractivity contribution in [2.75, 3.05) is 7.11 Å². The summed E-state index contributed by atoms with van der Waals surface area (Å²) in [7, 11) is 1.27. The number of phenols is 1. The molecular formula is C10H13FO3. The zero-order chi connectivity index (χ0) is 10.9. The van der Waals surface area contributed by atoms with E-state index in [-0.39, 0.29) is 11.5 Å². The first-order valence-corrected chi connectivity index (χ1v) is 4.15. The molecule has 0 atom stereocenters. The molecule has 0 aliphatic rings. The van der Waals surface area contributed by atoms with Gasteiger partial charge in [-0.25, -0.2) is 4.39 Å². The first-order chi connectivity index (χ1) is 6.36. The van der Waals surface area contributed by atoms with E-state index in [9.17, 15) is 14.6 Å². The Hall–Kier alpha value is -1.29. The van der Waals surface area contributed by atoms with Crippen molar-refractivity contribution in [1.29, 1.82) is 0 Å². The second-order valence-electron chi connectivity index (χ2n) is 3.57. The van der Waals surface area contributed by atoms with Gasteiger partial charge < -0.3 is 14.9 Å². The van der Waals surface area contributed by atoms with Crippen LogP contribution >= 0.6 is 0 Å². The van der Waals surface area contributed by atoms with Gasteiger partial charge in [0.1, 0.15) is 0 Å². The summed E-state index contributed by atoms with van der Waals surface area (Å²) in [5, 5.41) is 18.9. The Bertz CT molecular complexity index is 319. The molecule has 0 fully saturated rings. The third-order valence-electron chi connectivity index (χ3n) is 1.93. The van der Waals surface area contributed by atoms with E-state index in [1.165, 1.54) is 27.0 Å². The molecule has 1 aromatic carbocycles. The van der Waals surface area contributed by atoms with Crippen LogP contribution in [0.2, 0.25) is 0 Å². The molecule has 0 aliphatic carbocycles. The minimum absolute atomic E-state index is 0.210. The predicted molar refractivity (Wildman–Crippen MR) is 49.9 cm³/mol. The van der Waals surface area contributed by atoms with E-state index in [2.05, 4.69) is 4.74 Å². The van der Waals surface area contributed by atoms with Gasteiger partial charge in [-0.15, -0.1) is 0 Å². The van der Waals surface area contributed by atoms with Crippen molar-refractivity contribution in [2.24, 2.45) is 0 Å². The van der Waals surface area contributed by atoms with Crippen LogP contribution in [0.25, 0.3) is 0 Å². The van der Waals surface area contributed by atoms with E-state index >= 15 is 0 Å². The van der Waals surface area contributed by atoms with Crippen LogP contribution in [0, 0.1) is 5.82 Å². The lowest BCUT2D eigenvalue weighted by atomic mass is 9.98. The van der Waals surface area contributed by atoms with Gasteiger partial charge in [0.25, 0.3) is 0 Å². The monoisotopic (exact) mass is 200 g/mol. The van der Waals surface area contributed by atoms with Crippen molar-refractivity contribution in [2.45, 2.75) is 19.4 Å². The molecular weight excluding hydrogens is 187 g/mol. The summed E-state index contributed by atoms with van der Waals surface area (Å²) in [5.41, 5.74) is -0.891. The highest BCUT2D eigenvalue weighted by Gasteiger charge is 2.20. The first-order valence-electron chi connectivity index (χ1n) is 4.15. The Labute approximate surface area is 81.8 Å². The number of rotatable bonds is 2. The van der Waals surface area contributed by atoms with Crippen molar-refractivity contribution < 1.29 is 19.3 Å². The molecule has 0 spiro atoms. The lowest BCUT2D eigenvalue weighted by molar-refractivity contribution is 0.0778. The number of aliphatic hydroxyl groups is 1. The maximum absolute atomic E-state index is 13.2. The van der Waals surface area contributed by atoms with Crippen LogP contribution in [0.3, 0.4) is 0 Å². The Morgan fingerprint density at radius 2 is 1.93 bits per heavy atom. The Balaban J connectivity index is 3.28. The fourth-order valence-corrected chi connectivity index (χ4v) is 1.13. The van der Waals surface area contributed by atoms with Gasteiger partial charge in [0.05, 0.1) is 12.7 Å². The summed E-state index contributed by atoms with van der Waals surface area (Å²) in [6, 6.07) is 2.42. The molecule has 0 saturated carbocycles. The Morgan fingerprint density at radius 1 is 1.36 bits per heavy atom. The molecule has 0 aliphatic heterocycles. The fraction of sp³-hybridized carbons (Fsp3) is 0.400. The molecule has 0 bridgehead atoms. The molecule has 0 heterocycles. The largest absolute Gasteiger partial charge is 0.504 e. The predicted octanol–water partition coefficient (Wildman–Crippen LogP) is 1.77. The summed E-state index contributed by atoms with van der Waals surface area (Å²) in [4.78, 5) is 0. The number of hydrogen-bond donors (Lipinski definition) is 2. The molecule has 14 heavy (non-hydrogen) atoms. The second-order valence-corrected chi connectivity index (χ2v) is 3.57. The molecule has 0 radical (unpaired) electrons. The van der Waals surface area contributed by atoms with Crippen LogP contribution in [0.4, 0.5) is 4.39 Å². The third-order valence-corrected chi connectivity index (χ3v) is 1.93. The van der Waals surface area contributed by atoms with Gasteiger partial charge in [-0.1, -0.05) is 0 Å².